The van der Waals surface area contributed by atoms with Crippen LogP contribution in [0.15, 0.2) is 29.3 Å². The summed E-state index contributed by atoms with van der Waals surface area (Å²) < 4.78 is 40.9. The number of hydrogen-bond acceptors (Lipinski definition) is 6. The third-order valence-electron chi connectivity index (χ3n) is 4.92. The second-order valence-electron chi connectivity index (χ2n) is 7.87. The molecule has 8 nitrogen and oxygen atoms in total. The highest BCUT2D eigenvalue weighted by Gasteiger charge is 2.33. The minimum Gasteiger partial charge on any atom is -0.370 e. The number of rotatable bonds is 8. The molecule has 2 unspecified atom stereocenters. The number of nitrogens with one attached hydrogen (secondary N) is 2. The summed E-state index contributed by atoms with van der Waals surface area (Å²) in [5.74, 6) is -1.13. The van der Waals surface area contributed by atoms with Crippen LogP contribution in [0.1, 0.15) is 36.5 Å². The van der Waals surface area contributed by atoms with E-state index >= 15 is 0 Å². The molecule has 0 aliphatic carbocycles. The predicted molar refractivity (Wildman–Crippen MR) is 118 cm³/mol. The van der Waals surface area contributed by atoms with Crippen molar-refractivity contribution in [3.8, 4) is 0 Å². The van der Waals surface area contributed by atoms with Crippen molar-refractivity contribution in [3.05, 3.63) is 29.8 Å². The first-order chi connectivity index (χ1) is 15.6. The van der Waals surface area contributed by atoms with E-state index in [1.807, 2.05) is 0 Å². The van der Waals surface area contributed by atoms with Crippen molar-refractivity contribution >= 4 is 40.3 Å². The zero-order valence-corrected chi connectivity index (χ0v) is 18.8. The number of amides is 3. The van der Waals surface area contributed by atoms with Gasteiger partial charge in [0.15, 0.2) is 5.17 Å². The lowest BCUT2D eigenvalue weighted by atomic mass is 10.1. The van der Waals surface area contributed by atoms with E-state index in [4.69, 9.17) is 0 Å². The van der Waals surface area contributed by atoms with Crippen LogP contribution in [0.25, 0.3) is 0 Å². The second kappa shape index (κ2) is 11.0. The molecule has 33 heavy (non-hydrogen) atoms. The molecule has 3 rings (SSSR count). The molecule has 2 heterocycles. The van der Waals surface area contributed by atoms with Crippen LogP contribution in [0.4, 0.5) is 18.9 Å². The third-order valence-corrected chi connectivity index (χ3v) is 6.13. The SMILES string of the molecule is CC(COCC(F)(F)F)NC(=O)c1ccc(NC(=O)CC2SC(N3CCCC3)=NC2=O)cc1. The van der Waals surface area contributed by atoms with Crippen molar-refractivity contribution in [3.63, 3.8) is 0 Å². The van der Waals surface area contributed by atoms with Crippen LogP contribution >= 0.6 is 11.8 Å². The maximum atomic E-state index is 12.4. The maximum absolute atomic E-state index is 12.4. The molecule has 3 amide bonds. The molecule has 12 heteroatoms. The van der Waals surface area contributed by atoms with Gasteiger partial charge in [0.25, 0.3) is 11.8 Å². The van der Waals surface area contributed by atoms with Gasteiger partial charge in [-0.05, 0) is 44.0 Å². The Morgan fingerprint density at radius 2 is 1.91 bits per heavy atom. The van der Waals surface area contributed by atoms with Gasteiger partial charge in [-0.3, -0.25) is 14.4 Å². The average molecular weight is 487 g/mol. The highest BCUT2D eigenvalue weighted by atomic mass is 32.2. The van der Waals surface area contributed by atoms with Crippen LogP contribution in [-0.4, -0.2) is 71.6 Å². The quantitative estimate of drug-likeness (QED) is 0.586. The second-order valence-corrected chi connectivity index (χ2v) is 9.04. The highest BCUT2D eigenvalue weighted by molar-refractivity contribution is 8.15. The summed E-state index contributed by atoms with van der Waals surface area (Å²) in [5, 5.41) is 5.38. The fraction of sp³-hybridized carbons (Fsp3) is 0.524. The number of benzene rings is 1. The van der Waals surface area contributed by atoms with Crippen LogP contribution in [0.2, 0.25) is 0 Å². The molecule has 0 saturated carbocycles. The van der Waals surface area contributed by atoms with Gasteiger partial charge in [0, 0.05) is 36.8 Å². The first-order valence-corrected chi connectivity index (χ1v) is 11.4. The standard InChI is InChI=1S/C21H25F3N4O4S/c1-13(11-32-12-21(22,23)24)25-18(30)14-4-6-15(7-5-14)26-17(29)10-16-19(31)27-20(33-16)28-8-2-3-9-28/h4-7,13,16H,2-3,8-12H2,1H3,(H,25,30)(H,26,29). The number of carbonyl (C=O) groups is 3. The third kappa shape index (κ3) is 7.74. The number of nitrogens with zero attached hydrogens (tertiary/aromatic N) is 2. The van der Waals surface area contributed by atoms with Crippen molar-refractivity contribution in [2.45, 2.75) is 43.7 Å². The fourth-order valence-electron chi connectivity index (χ4n) is 3.34. The van der Waals surface area contributed by atoms with E-state index in [1.165, 1.54) is 43.0 Å². The molecule has 1 fully saturated rings. The summed E-state index contributed by atoms with van der Waals surface area (Å²) in [6.45, 7) is 1.62. The Labute approximate surface area is 193 Å². The highest BCUT2D eigenvalue weighted by Crippen LogP contribution is 2.29. The first-order valence-electron chi connectivity index (χ1n) is 10.5. The molecule has 1 aromatic carbocycles. The minimum absolute atomic E-state index is 0.0119. The average Bonchev–Trinajstić information content (AvgIpc) is 3.38. The molecule has 0 aromatic heterocycles. The molecular weight excluding hydrogens is 461 g/mol. The first kappa shape index (κ1) is 25.0. The molecule has 1 aromatic rings. The van der Waals surface area contributed by atoms with E-state index in [0.29, 0.717) is 10.9 Å². The van der Waals surface area contributed by atoms with Crippen molar-refractivity contribution in [1.82, 2.24) is 10.2 Å². The lowest BCUT2D eigenvalue weighted by Gasteiger charge is -2.16. The Balaban J connectivity index is 1.43. The topological polar surface area (TPSA) is 100 Å². The smallest absolute Gasteiger partial charge is 0.370 e. The van der Waals surface area contributed by atoms with Crippen LogP contribution in [0.5, 0.6) is 0 Å². The van der Waals surface area contributed by atoms with Gasteiger partial charge in [-0.1, -0.05) is 11.8 Å². The Kier molecular flexibility index (Phi) is 8.35. The van der Waals surface area contributed by atoms with Gasteiger partial charge < -0.3 is 20.3 Å². The van der Waals surface area contributed by atoms with E-state index in [9.17, 15) is 27.6 Å². The molecule has 0 spiro atoms. The molecular formula is C21H25F3N4O4S. The number of ether oxygens (including phenoxy) is 1. The molecule has 0 radical (unpaired) electrons. The largest absolute Gasteiger partial charge is 0.411 e. The zero-order chi connectivity index (χ0) is 24.0. The predicted octanol–water partition coefficient (Wildman–Crippen LogP) is 2.81. The van der Waals surface area contributed by atoms with Gasteiger partial charge in [-0.25, -0.2) is 0 Å². The van der Waals surface area contributed by atoms with Crippen LogP contribution in [-0.2, 0) is 14.3 Å². The lowest BCUT2D eigenvalue weighted by Crippen LogP contribution is -2.36. The van der Waals surface area contributed by atoms with Crippen molar-refractivity contribution in [2.24, 2.45) is 4.99 Å². The monoisotopic (exact) mass is 486 g/mol. The van der Waals surface area contributed by atoms with Crippen molar-refractivity contribution in [2.75, 3.05) is 31.6 Å². The van der Waals surface area contributed by atoms with Gasteiger partial charge in [0.1, 0.15) is 11.9 Å². The van der Waals surface area contributed by atoms with Gasteiger partial charge in [-0.2, -0.15) is 18.2 Å². The summed E-state index contributed by atoms with van der Waals surface area (Å²) in [4.78, 5) is 42.8. The summed E-state index contributed by atoms with van der Waals surface area (Å²) in [6.07, 6.45) is -2.30. The number of hydrogen-bond donors (Lipinski definition) is 2. The van der Waals surface area contributed by atoms with Gasteiger partial charge >= 0.3 is 6.18 Å². The lowest BCUT2D eigenvalue weighted by molar-refractivity contribution is -0.174. The van der Waals surface area contributed by atoms with Crippen LogP contribution in [0, 0.1) is 0 Å². The normalized spacial score (nSPS) is 19.4. The van der Waals surface area contributed by atoms with E-state index in [-0.39, 0.29) is 30.4 Å². The van der Waals surface area contributed by atoms with E-state index in [1.54, 1.807) is 0 Å². The Morgan fingerprint density at radius 3 is 2.55 bits per heavy atom. The number of halogens is 3. The van der Waals surface area contributed by atoms with E-state index < -0.39 is 30.0 Å². The Morgan fingerprint density at radius 1 is 1.24 bits per heavy atom. The van der Waals surface area contributed by atoms with Gasteiger partial charge in [-0.15, -0.1) is 0 Å². The summed E-state index contributed by atoms with van der Waals surface area (Å²) in [7, 11) is 0. The van der Waals surface area contributed by atoms with E-state index in [2.05, 4.69) is 25.3 Å². The molecule has 0 bridgehead atoms. The molecule has 1 saturated heterocycles. The number of thioether (sulfide) groups is 1. The number of alkyl halides is 3. The fourth-order valence-corrected chi connectivity index (χ4v) is 4.46. The number of likely N-dealkylation sites (tertiary alicyclic amines) is 1. The van der Waals surface area contributed by atoms with E-state index in [0.717, 1.165) is 25.9 Å². The molecule has 2 aliphatic heterocycles. The number of aliphatic imine (C=N–C) groups is 1. The number of amidine groups is 1. The minimum atomic E-state index is -4.42. The van der Waals surface area contributed by atoms with Gasteiger partial charge in [0.2, 0.25) is 5.91 Å². The molecule has 2 N–H and O–H groups in total. The zero-order valence-electron chi connectivity index (χ0n) is 18.0. The van der Waals surface area contributed by atoms with Crippen molar-refractivity contribution < 1.29 is 32.3 Å². The van der Waals surface area contributed by atoms with Crippen molar-refractivity contribution in [1.29, 1.82) is 0 Å². The summed E-state index contributed by atoms with van der Waals surface area (Å²) >= 11 is 1.31. The van der Waals surface area contributed by atoms with Crippen LogP contribution in [0.3, 0.4) is 0 Å². The summed E-state index contributed by atoms with van der Waals surface area (Å²) in [6, 6.07) is 5.42. The number of anilines is 1. The maximum Gasteiger partial charge on any atom is 0.411 e. The van der Waals surface area contributed by atoms with Crippen LogP contribution < -0.4 is 10.6 Å². The molecule has 2 aliphatic rings. The molecule has 180 valence electrons. The van der Waals surface area contributed by atoms with Gasteiger partial charge in [0.05, 0.1) is 6.61 Å². The number of carbonyl (C=O) groups excluding carboxylic acids is 3. The Hall–Kier alpha value is -2.60. The molecule has 2 atom stereocenters. The summed E-state index contributed by atoms with van der Waals surface area (Å²) in [5.41, 5.74) is 0.732. The Bertz CT molecular complexity index is 902.